The normalized spacial score (nSPS) is 19.5. The first-order valence-electron chi connectivity index (χ1n) is 8.42. The third-order valence-corrected chi connectivity index (χ3v) is 4.68. The van der Waals surface area contributed by atoms with E-state index in [1.807, 2.05) is 30.1 Å². The zero-order valence-corrected chi connectivity index (χ0v) is 14.2. The number of anilines is 2. The second kappa shape index (κ2) is 6.68. The van der Waals surface area contributed by atoms with Crippen molar-refractivity contribution in [3.8, 4) is 0 Å². The standard InChI is InChI=1S/C18H21N5O2/c1-22(8-13-5-3-2-4-6-13)18-15-9-23-14(10-25-11-16(23)24)7-19-17(15)20-12-21-18/h2-6,12,14H,7-11H2,1H3,(H,19,20,21)/t14-/m0/s1. The molecule has 0 spiro atoms. The van der Waals surface area contributed by atoms with Crippen LogP contribution in [0.2, 0.25) is 0 Å². The number of amides is 1. The predicted molar refractivity (Wildman–Crippen MR) is 94.2 cm³/mol. The molecular formula is C18H21N5O2. The molecule has 4 rings (SSSR count). The second-order valence-corrected chi connectivity index (χ2v) is 6.44. The molecule has 130 valence electrons. The Bertz CT molecular complexity index is 767. The summed E-state index contributed by atoms with van der Waals surface area (Å²) in [5.41, 5.74) is 2.16. The molecule has 7 heteroatoms. The van der Waals surface area contributed by atoms with E-state index in [2.05, 4.69) is 32.3 Å². The molecule has 1 atom stereocenters. The van der Waals surface area contributed by atoms with Gasteiger partial charge in [-0.1, -0.05) is 30.3 Å². The number of morpholine rings is 1. The number of aromatic nitrogens is 2. The van der Waals surface area contributed by atoms with E-state index in [-0.39, 0.29) is 18.6 Å². The zero-order valence-electron chi connectivity index (χ0n) is 14.2. The van der Waals surface area contributed by atoms with Crippen LogP contribution in [-0.4, -0.2) is 53.6 Å². The van der Waals surface area contributed by atoms with Crippen LogP contribution >= 0.6 is 0 Å². The fourth-order valence-corrected chi connectivity index (χ4v) is 3.39. The maximum Gasteiger partial charge on any atom is 0.249 e. The minimum atomic E-state index is 0.0198. The number of rotatable bonds is 3. The highest BCUT2D eigenvalue weighted by atomic mass is 16.5. The number of nitrogens with zero attached hydrogens (tertiary/aromatic N) is 4. The molecule has 1 fully saturated rings. The number of hydrogen-bond donors (Lipinski definition) is 1. The van der Waals surface area contributed by atoms with Gasteiger partial charge in [-0.15, -0.1) is 0 Å². The number of benzene rings is 1. The molecule has 25 heavy (non-hydrogen) atoms. The van der Waals surface area contributed by atoms with Gasteiger partial charge in [0, 0.05) is 20.1 Å². The Labute approximate surface area is 146 Å². The first kappa shape index (κ1) is 15.8. The van der Waals surface area contributed by atoms with Gasteiger partial charge in [-0.25, -0.2) is 9.97 Å². The van der Waals surface area contributed by atoms with Crippen LogP contribution < -0.4 is 10.2 Å². The van der Waals surface area contributed by atoms with Crippen LogP contribution in [0.25, 0.3) is 0 Å². The van der Waals surface area contributed by atoms with Gasteiger partial charge in [-0.05, 0) is 5.56 Å². The Morgan fingerprint density at radius 2 is 2.16 bits per heavy atom. The highest BCUT2D eigenvalue weighted by Crippen LogP contribution is 2.29. The zero-order chi connectivity index (χ0) is 17.2. The van der Waals surface area contributed by atoms with E-state index in [0.29, 0.717) is 19.7 Å². The molecule has 1 aromatic carbocycles. The highest BCUT2D eigenvalue weighted by molar-refractivity contribution is 5.79. The van der Waals surface area contributed by atoms with Crippen molar-refractivity contribution in [2.24, 2.45) is 0 Å². The van der Waals surface area contributed by atoms with Crippen LogP contribution in [0.3, 0.4) is 0 Å². The second-order valence-electron chi connectivity index (χ2n) is 6.44. The number of hydrogen-bond acceptors (Lipinski definition) is 6. The number of fused-ring (bicyclic) bond motifs is 2. The Balaban J connectivity index is 1.64. The van der Waals surface area contributed by atoms with Gasteiger partial charge in [0.1, 0.15) is 24.6 Å². The number of carbonyl (C=O) groups is 1. The van der Waals surface area contributed by atoms with Crippen LogP contribution in [0, 0.1) is 0 Å². The van der Waals surface area contributed by atoms with Crippen LogP contribution in [0.4, 0.5) is 11.6 Å². The molecule has 2 aliphatic heterocycles. The van der Waals surface area contributed by atoms with Gasteiger partial charge in [-0.2, -0.15) is 0 Å². The quantitative estimate of drug-likeness (QED) is 0.908. The van der Waals surface area contributed by atoms with Crippen molar-refractivity contribution >= 4 is 17.5 Å². The summed E-state index contributed by atoms with van der Waals surface area (Å²) in [5, 5.41) is 3.35. The van der Waals surface area contributed by atoms with E-state index in [9.17, 15) is 4.79 Å². The third-order valence-electron chi connectivity index (χ3n) is 4.68. The lowest BCUT2D eigenvalue weighted by molar-refractivity contribution is -0.148. The van der Waals surface area contributed by atoms with Crippen molar-refractivity contribution in [3.63, 3.8) is 0 Å². The average molecular weight is 339 g/mol. The Morgan fingerprint density at radius 3 is 3.00 bits per heavy atom. The van der Waals surface area contributed by atoms with Gasteiger partial charge in [0.05, 0.1) is 24.8 Å². The maximum atomic E-state index is 12.3. The summed E-state index contributed by atoms with van der Waals surface area (Å²) < 4.78 is 5.38. The lowest BCUT2D eigenvalue weighted by atomic mass is 10.2. The van der Waals surface area contributed by atoms with Crippen LogP contribution in [0.15, 0.2) is 36.7 Å². The summed E-state index contributed by atoms with van der Waals surface area (Å²) in [6, 6.07) is 10.3. The molecular weight excluding hydrogens is 318 g/mol. The minimum Gasteiger partial charge on any atom is -0.369 e. The van der Waals surface area contributed by atoms with Crippen molar-refractivity contribution in [2.45, 2.75) is 19.1 Å². The van der Waals surface area contributed by atoms with Crippen LogP contribution in [0.1, 0.15) is 11.1 Å². The Hall–Kier alpha value is -2.67. The summed E-state index contributed by atoms with van der Waals surface area (Å²) >= 11 is 0. The topological polar surface area (TPSA) is 70.6 Å². The molecule has 2 aromatic rings. The van der Waals surface area contributed by atoms with E-state index in [1.165, 1.54) is 5.56 Å². The van der Waals surface area contributed by atoms with Gasteiger partial charge in [0.2, 0.25) is 5.91 Å². The van der Waals surface area contributed by atoms with Crippen LogP contribution in [0.5, 0.6) is 0 Å². The summed E-state index contributed by atoms with van der Waals surface area (Å²) in [5.74, 6) is 1.67. The highest BCUT2D eigenvalue weighted by Gasteiger charge is 2.33. The van der Waals surface area contributed by atoms with E-state index < -0.39 is 0 Å². The molecule has 7 nitrogen and oxygen atoms in total. The largest absolute Gasteiger partial charge is 0.369 e. The lowest BCUT2D eigenvalue weighted by Gasteiger charge is -2.34. The van der Waals surface area contributed by atoms with Gasteiger partial charge in [0.25, 0.3) is 0 Å². The van der Waals surface area contributed by atoms with Gasteiger partial charge < -0.3 is 19.9 Å². The molecule has 0 bridgehead atoms. The molecule has 1 amide bonds. The fourth-order valence-electron chi connectivity index (χ4n) is 3.39. The molecule has 2 aliphatic rings. The van der Waals surface area contributed by atoms with Crippen molar-refractivity contribution in [1.29, 1.82) is 0 Å². The Morgan fingerprint density at radius 1 is 1.32 bits per heavy atom. The third kappa shape index (κ3) is 3.15. The van der Waals surface area contributed by atoms with Crippen molar-refractivity contribution in [2.75, 3.05) is 37.0 Å². The number of ether oxygens (including phenoxy) is 1. The fraction of sp³-hybridized carbons (Fsp3) is 0.389. The number of nitrogens with one attached hydrogen (secondary N) is 1. The summed E-state index contributed by atoms with van der Waals surface area (Å²) in [6.45, 7) is 2.58. The Kier molecular flexibility index (Phi) is 4.23. The molecule has 0 radical (unpaired) electrons. The first-order valence-corrected chi connectivity index (χ1v) is 8.42. The van der Waals surface area contributed by atoms with Crippen LogP contribution in [-0.2, 0) is 22.6 Å². The number of carbonyl (C=O) groups excluding carboxylic acids is 1. The van der Waals surface area contributed by atoms with E-state index in [4.69, 9.17) is 4.74 Å². The van der Waals surface area contributed by atoms with Gasteiger partial charge >= 0.3 is 0 Å². The molecule has 1 saturated heterocycles. The molecule has 0 unspecified atom stereocenters. The monoisotopic (exact) mass is 339 g/mol. The predicted octanol–water partition coefficient (Wildman–Crippen LogP) is 1.27. The summed E-state index contributed by atoms with van der Waals surface area (Å²) in [6.07, 6.45) is 1.57. The lowest BCUT2D eigenvalue weighted by Crippen LogP contribution is -2.50. The van der Waals surface area contributed by atoms with E-state index in [0.717, 1.165) is 23.7 Å². The molecule has 0 saturated carbocycles. The molecule has 1 aromatic heterocycles. The maximum absolute atomic E-state index is 12.3. The summed E-state index contributed by atoms with van der Waals surface area (Å²) in [7, 11) is 2.01. The van der Waals surface area contributed by atoms with Crippen molar-refractivity contribution < 1.29 is 9.53 Å². The van der Waals surface area contributed by atoms with E-state index in [1.54, 1.807) is 6.33 Å². The molecule has 1 N–H and O–H groups in total. The first-order chi connectivity index (χ1) is 12.2. The van der Waals surface area contributed by atoms with E-state index >= 15 is 0 Å². The molecule has 3 heterocycles. The smallest absolute Gasteiger partial charge is 0.249 e. The van der Waals surface area contributed by atoms with Gasteiger partial charge in [-0.3, -0.25) is 4.79 Å². The minimum absolute atomic E-state index is 0.0198. The average Bonchev–Trinajstić information content (AvgIpc) is 2.83. The van der Waals surface area contributed by atoms with Gasteiger partial charge in [0.15, 0.2) is 0 Å². The van der Waals surface area contributed by atoms with Crippen molar-refractivity contribution in [1.82, 2.24) is 14.9 Å². The SMILES string of the molecule is CN(Cc1ccccc1)c1ncnc2c1CN1C(=O)COC[C@@H]1CN2. The van der Waals surface area contributed by atoms with Crippen molar-refractivity contribution in [3.05, 3.63) is 47.8 Å². The molecule has 0 aliphatic carbocycles. The summed E-state index contributed by atoms with van der Waals surface area (Å²) in [4.78, 5) is 25.1.